The molecule has 0 spiro atoms. The molecule has 0 saturated heterocycles. The molecule has 2 N–H and O–H groups in total. The molecule has 0 bridgehead atoms. The summed E-state index contributed by atoms with van der Waals surface area (Å²) < 4.78 is 0. The molecule has 0 saturated carbocycles. The van der Waals surface area contributed by atoms with Crippen LogP contribution < -0.4 is 0 Å². The Hall–Kier alpha value is -1.39. The molecule has 0 aromatic rings. The quantitative estimate of drug-likeness (QED) is 0.563. The van der Waals surface area contributed by atoms with Gasteiger partial charge in [-0.2, -0.15) is 0 Å². The van der Waals surface area contributed by atoms with E-state index in [0.29, 0.717) is 0 Å². The highest BCUT2D eigenvalue weighted by Crippen LogP contribution is 1.74. The minimum atomic E-state index is -1.31. The van der Waals surface area contributed by atoms with Gasteiger partial charge in [-0.25, -0.2) is 0 Å². The van der Waals surface area contributed by atoms with Crippen molar-refractivity contribution < 1.29 is 24.6 Å². The Kier molecular flexibility index (Phi) is 7.52. The number of carbonyl (C=O) groups excluding carboxylic acids is 1. The molecule has 0 fully saturated rings. The molecule has 0 atom stereocenters. The highest BCUT2D eigenvalue weighted by atomic mass is 16.4. The largest absolute Gasteiger partial charge is 0.481 e. The van der Waals surface area contributed by atoms with Crippen LogP contribution in [0.3, 0.4) is 0 Å². The van der Waals surface area contributed by atoms with Crippen molar-refractivity contribution in [1.29, 1.82) is 0 Å². The van der Waals surface area contributed by atoms with Gasteiger partial charge in [0.05, 0.1) is 0 Å². The van der Waals surface area contributed by atoms with Crippen molar-refractivity contribution in [3.8, 4) is 0 Å². The van der Waals surface area contributed by atoms with Crippen LogP contribution in [0.1, 0.15) is 20.3 Å². The Balaban J connectivity index is 0. The van der Waals surface area contributed by atoms with Crippen LogP contribution >= 0.6 is 0 Å². The zero-order valence-corrected chi connectivity index (χ0v) is 6.33. The molecular formula is C6H10O5. The first kappa shape index (κ1) is 12.3. The molecule has 11 heavy (non-hydrogen) atoms. The summed E-state index contributed by atoms with van der Waals surface area (Å²) in [4.78, 5) is 28.3. The van der Waals surface area contributed by atoms with E-state index in [-0.39, 0.29) is 5.78 Å². The van der Waals surface area contributed by atoms with Crippen molar-refractivity contribution in [3.05, 3.63) is 0 Å². The fraction of sp³-hybridized carbons (Fsp3) is 0.500. The van der Waals surface area contributed by atoms with Gasteiger partial charge in [0.25, 0.3) is 0 Å². The molecule has 0 aromatic heterocycles. The fourth-order valence-electron chi connectivity index (χ4n) is 0.129. The number of carboxylic acids is 2. The van der Waals surface area contributed by atoms with E-state index >= 15 is 0 Å². The molecule has 0 aliphatic heterocycles. The molecule has 5 nitrogen and oxygen atoms in total. The molecule has 0 aliphatic carbocycles. The topological polar surface area (TPSA) is 91.7 Å². The molecule has 0 unspecified atom stereocenters. The summed E-state index contributed by atoms with van der Waals surface area (Å²) >= 11 is 0. The van der Waals surface area contributed by atoms with Crippen LogP contribution in [0.15, 0.2) is 0 Å². The average molecular weight is 162 g/mol. The minimum absolute atomic E-state index is 0.167. The highest BCUT2D eigenvalue weighted by Gasteiger charge is 2.01. The Morgan fingerprint density at radius 1 is 1.00 bits per heavy atom. The molecular weight excluding hydrogens is 152 g/mol. The lowest BCUT2D eigenvalue weighted by Gasteiger charge is -1.80. The number of ketones is 1. The molecule has 0 radical (unpaired) electrons. The smallest absolute Gasteiger partial charge is 0.314 e. The molecule has 5 heteroatoms. The van der Waals surface area contributed by atoms with Gasteiger partial charge in [-0.3, -0.25) is 9.59 Å². The van der Waals surface area contributed by atoms with Crippen molar-refractivity contribution in [1.82, 2.24) is 0 Å². The molecule has 0 heterocycles. The minimum Gasteiger partial charge on any atom is -0.481 e. The Labute approximate surface area is 63.6 Å². The number of Topliss-reactive ketones (excluding diaryl/α,β-unsaturated/α-hetero) is 1. The van der Waals surface area contributed by atoms with E-state index in [4.69, 9.17) is 10.2 Å². The predicted octanol–water partition coefficient (Wildman–Crippen LogP) is 0.141. The summed E-state index contributed by atoms with van der Waals surface area (Å²) in [6, 6.07) is 0. The van der Waals surface area contributed by atoms with Crippen molar-refractivity contribution in [2.75, 3.05) is 0 Å². The third-order valence-electron chi connectivity index (χ3n) is 0.302. The average Bonchev–Trinajstić information content (AvgIpc) is 1.56. The summed E-state index contributed by atoms with van der Waals surface area (Å²) in [5, 5.41) is 15.4. The van der Waals surface area contributed by atoms with Crippen LogP contribution in [0, 0.1) is 0 Å². The Bertz CT molecular complexity index is 144. The monoisotopic (exact) mass is 162 g/mol. The summed E-state index contributed by atoms with van der Waals surface area (Å²) in [5.74, 6) is -2.46. The van der Waals surface area contributed by atoms with Gasteiger partial charge in [-0.15, -0.1) is 0 Å². The van der Waals surface area contributed by atoms with Crippen molar-refractivity contribution >= 4 is 17.7 Å². The SMILES string of the molecule is CC(C)=O.O=C(O)CC(=O)O. The van der Waals surface area contributed by atoms with E-state index in [1.165, 1.54) is 13.8 Å². The second-order valence-corrected chi connectivity index (χ2v) is 1.87. The lowest BCUT2D eigenvalue weighted by atomic mass is 10.5. The van der Waals surface area contributed by atoms with Gasteiger partial charge in [0.2, 0.25) is 0 Å². The van der Waals surface area contributed by atoms with E-state index in [2.05, 4.69) is 0 Å². The van der Waals surface area contributed by atoms with Crippen molar-refractivity contribution in [2.24, 2.45) is 0 Å². The maximum absolute atomic E-state index is 9.44. The molecule has 64 valence electrons. The Morgan fingerprint density at radius 2 is 1.18 bits per heavy atom. The Morgan fingerprint density at radius 3 is 1.18 bits per heavy atom. The number of rotatable bonds is 2. The van der Waals surface area contributed by atoms with Gasteiger partial charge in [-0.05, 0) is 13.8 Å². The first-order chi connectivity index (χ1) is 4.86. The van der Waals surface area contributed by atoms with E-state index in [1.54, 1.807) is 0 Å². The van der Waals surface area contributed by atoms with Gasteiger partial charge >= 0.3 is 11.9 Å². The lowest BCUT2D eigenvalue weighted by molar-refractivity contribution is -0.147. The van der Waals surface area contributed by atoms with E-state index in [1.807, 2.05) is 0 Å². The van der Waals surface area contributed by atoms with Crippen LogP contribution in [0.2, 0.25) is 0 Å². The maximum atomic E-state index is 9.44. The maximum Gasteiger partial charge on any atom is 0.314 e. The first-order valence-corrected chi connectivity index (χ1v) is 2.77. The van der Waals surface area contributed by atoms with Crippen molar-refractivity contribution in [3.63, 3.8) is 0 Å². The third kappa shape index (κ3) is 55.2. The summed E-state index contributed by atoms with van der Waals surface area (Å²) in [6.07, 6.45) is -0.806. The molecule has 0 rings (SSSR count). The van der Waals surface area contributed by atoms with Gasteiger partial charge in [0.15, 0.2) is 0 Å². The predicted molar refractivity (Wildman–Crippen MR) is 36.2 cm³/mol. The van der Waals surface area contributed by atoms with Gasteiger partial charge in [0, 0.05) is 0 Å². The van der Waals surface area contributed by atoms with E-state index in [0.717, 1.165) is 0 Å². The first-order valence-electron chi connectivity index (χ1n) is 2.77. The zero-order valence-electron chi connectivity index (χ0n) is 6.33. The van der Waals surface area contributed by atoms with Gasteiger partial charge in [-0.1, -0.05) is 0 Å². The third-order valence-corrected chi connectivity index (χ3v) is 0.302. The highest BCUT2D eigenvalue weighted by molar-refractivity contribution is 5.88. The number of hydrogen-bond donors (Lipinski definition) is 2. The second kappa shape index (κ2) is 6.73. The fourth-order valence-corrected chi connectivity index (χ4v) is 0.129. The van der Waals surface area contributed by atoms with Crippen LogP contribution in [-0.2, 0) is 14.4 Å². The number of carbonyl (C=O) groups is 3. The van der Waals surface area contributed by atoms with Crippen LogP contribution in [0.25, 0.3) is 0 Å². The lowest BCUT2D eigenvalue weighted by Crippen LogP contribution is -2.03. The molecule has 0 amide bonds. The second-order valence-electron chi connectivity index (χ2n) is 1.87. The number of aliphatic carboxylic acids is 2. The van der Waals surface area contributed by atoms with Gasteiger partial charge < -0.3 is 15.0 Å². The summed E-state index contributed by atoms with van der Waals surface area (Å²) in [6.45, 7) is 3.06. The summed E-state index contributed by atoms with van der Waals surface area (Å²) in [7, 11) is 0. The van der Waals surface area contributed by atoms with Gasteiger partial charge in [0.1, 0.15) is 12.2 Å². The van der Waals surface area contributed by atoms with Crippen molar-refractivity contribution in [2.45, 2.75) is 20.3 Å². The number of hydrogen-bond acceptors (Lipinski definition) is 3. The normalized spacial score (nSPS) is 7.45. The van der Waals surface area contributed by atoms with Crippen LogP contribution in [0.5, 0.6) is 0 Å². The van der Waals surface area contributed by atoms with E-state index < -0.39 is 18.4 Å². The summed E-state index contributed by atoms with van der Waals surface area (Å²) in [5.41, 5.74) is 0. The molecule has 0 aromatic carbocycles. The van der Waals surface area contributed by atoms with Crippen LogP contribution in [-0.4, -0.2) is 27.9 Å². The zero-order chi connectivity index (χ0) is 9.44. The van der Waals surface area contributed by atoms with Crippen LogP contribution in [0.4, 0.5) is 0 Å². The molecule has 0 aliphatic rings. The standard InChI is InChI=1S/C3H4O4.C3H6O/c4-2(5)1-3(6)7;1-3(2)4/h1H2,(H,4,5)(H,6,7);1-2H3. The number of carboxylic acid groups (broad SMARTS) is 2. The van der Waals surface area contributed by atoms with E-state index in [9.17, 15) is 14.4 Å².